The van der Waals surface area contributed by atoms with Crippen LogP contribution < -0.4 is 26.3 Å². The van der Waals surface area contributed by atoms with Gasteiger partial charge in [0.05, 0.1) is 7.11 Å². The molecule has 1 aliphatic rings. The monoisotopic (exact) mass is 341 g/mol. The lowest BCUT2D eigenvalue weighted by molar-refractivity contribution is 0.408. The number of hydrogen-bond donors (Lipinski definition) is 1. The minimum Gasteiger partial charge on any atom is -0.496 e. The molecule has 0 radical (unpaired) electrons. The van der Waals surface area contributed by atoms with Crippen LogP contribution in [0.15, 0.2) is 51.4 Å². The minimum atomic E-state index is -0.307. The zero-order chi connectivity index (χ0) is 18.7. The Morgan fingerprint density at radius 1 is 1.28 bits per heavy atom. The van der Waals surface area contributed by atoms with Crippen molar-refractivity contribution in [2.24, 2.45) is 0 Å². The average molecular weight is 341 g/mol. The van der Waals surface area contributed by atoms with E-state index in [1.54, 1.807) is 26.2 Å². The maximum absolute atomic E-state index is 11.0. The van der Waals surface area contributed by atoms with Gasteiger partial charge in [-0.1, -0.05) is 37.8 Å². The number of ether oxygens (including phenoxy) is 1. The summed E-state index contributed by atoms with van der Waals surface area (Å²) in [5, 5.41) is 3.96. The molecule has 4 nitrogen and oxygen atoms in total. The summed E-state index contributed by atoms with van der Waals surface area (Å²) in [5.41, 5.74) is 7.42. The summed E-state index contributed by atoms with van der Waals surface area (Å²) in [4.78, 5) is 11.0. The highest BCUT2D eigenvalue weighted by atomic mass is 16.5. The Morgan fingerprint density at radius 2 is 2.00 bits per heavy atom. The molecule has 0 atom stereocenters. The molecule has 25 heavy (non-hydrogen) atoms. The van der Waals surface area contributed by atoms with Crippen LogP contribution in [0.5, 0.6) is 5.75 Å². The summed E-state index contributed by atoms with van der Waals surface area (Å²) in [7, 11) is 3.61. The number of methoxy groups -OCH3 is 1. The maximum Gasteiger partial charge on any atom is 0.339 e. The normalized spacial score (nSPS) is 10.1. The first-order valence-corrected chi connectivity index (χ1v) is 8.25. The summed E-state index contributed by atoms with van der Waals surface area (Å²) < 4.78 is 10.1. The number of rotatable bonds is 3. The molecule has 4 heteroatoms. The van der Waals surface area contributed by atoms with Gasteiger partial charge in [0.15, 0.2) is 5.42 Å². The SMILES string of the molecule is CC.CNCc1ccccc1OC.Cc1cc2c(oc1=O)=C=C=CC=2.[HH]. The molecule has 0 saturated heterocycles. The molecule has 1 heterocycles. The van der Waals surface area contributed by atoms with Gasteiger partial charge in [0.2, 0.25) is 0 Å². The highest BCUT2D eigenvalue weighted by Gasteiger charge is 1.98. The minimum absolute atomic E-state index is 0. The molecule has 2 aromatic rings. The summed E-state index contributed by atoms with van der Waals surface area (Å²) in [6, 6.07) is 9.78. The molecular weight excluding hydrogens is 314 g/mol. The van der Waals surface area contributed by atoms with Crippen LogP contribution in [0.1, 0.15) is 26.4 Å². The van der Waals surface area contributed by atoms with Crippen LogP contribution >= 0.6 is 0 Å². The Hall–Kier alpha value is -2.77. The number of fused-ring (bicyclic) bond motifs is 1. The number of allylic oxidation sites excluding steroid dienone is 1. The summed E-state index contributed by atoms with van der Waals surface area (Å²) in [5.74, 6) is 0.946. The van der Waals surface area contributed by atoms with Gasteiger partial charge in [-0.25, -0.2) is 4.79 Å². The van der Waals surface area contributed by atoms with Crippen molar-refractivity contribution in [1.82, 2.24) is 5.32 Å². The van der Waals surface area contributed by atoms with E-state index in [9.17, 15) is 4.79 Å². The fraction of sp³-hybridized carbons (Fsp3) is 0.286. The van der Waals surface area contributed by atoms with Gasteiger partial charge < -0.3 is 14.5 Å². The van der Waals surface area contributed by atoms with Crippen LogP contribution in [-0.2, 0) is 6.54 Å². The third kappa shape index (κ3) is 5.98. The summed E-state index contributed by atoms with van der Waals surface area (Å²) in [6.07, 6.45) is 3.57. The second-order valence-corrected chi connectivity index (χ2v) is 4.95. The number of aryl methyl sites for hydroxylation is 1. The smallest absolute Gasteiger partial charge is 0.339 e. The lowest BCUT2D eigenvalue weighted by Crippen LogP contribution is -2.29. The van der Waals surface area contributed by atoms with Crippen molar-refractivity contribution >= 4 is 11.8 Å². The van der Waals surface area contributed by atoms with E-state index >= 15 is 0 Å². The average Bonchev–Trinajstić information content (AvgIpc) is 2.65. The van der Waals surface area contributed by atoms with Crippen molar-refractivity contribution in [3.05, 3.63) is 74.3 Å². The van der Waals surface area contributed by atoms with Crippen LogP contribution in [0.25, 0.3) is 11.8 Å². The highest BCUT2D eigenvalue weighted by Crippen LogP contribution is 2.16. The Balaban J connectivity index is 0.000000426. The molecule has 1 aromatic heterocycles. The summed E-state index contributed by atoms with van der Waals surface area (Å²) >= 11 is 0. The predicted octanol–water partition coefficient (Wildman–Crippen LogP) is 2.52. The molecule has 1 aromatic carbocycles. The summed E-state index contributed by atoms with van der Waals surface area (Å²) in [6.45, 7) is 6.58. The van der Waals surface area contributed by atoms with Gasteiger partial charge in [0, 0.05) is 24.3 Å². The Kier molecular flexibility index (Phi) is 8.84. The molecule has 0 amide bonds. The molecule has 3 rings (SSSR count). The lowest BCUT2D eigenvalue weighted by atomic mass is 10.2. The van der Waals surface area contributed by atoms with Crippen LogP contribution in [0.4, 0.5) is 0 Å². The van der Waals surface area contributed by atoms with Crippen LogP contribution in [-0.4, -0.2) is 14.2 Å². The molecule has 0 bridgehead atoms. The number of para-hydroxylation sites is 1. The lowest BCUT2D eigenvalue weighted by Gasteiger charge is -2.06. The molecule has 134 valence electrons. The Morgan fingerprint density at radius 3 is 2.68 bits per heavy atom. The van der Waals surface area contributed by atoms with E-state index in [0.717, 1.165) is 17.5 Å². The van der Waals surface area contributed by atoms with Gasteiger partial charge in [-0.05, 0) is 44.0 Å². The Bertz CT molecular complexity index is 934. The van der Waals surface area contributed by atoms with Crippen molar-refractivity contribution in [2.45, 2.75) is 27.3 Å². The first-order valence-electron chi connectivity index (χ1n) is 8.25. The molecule has 0 fully saturated rings. The molecule has 0 saturated carbocycles. The topological polar surface area (TPSA) is 51.5 Å². The number of benzene rings is 1. The zero-order valence-electron chi connectivity index (χ0n) is 15.5. The molecule has 0 spiro atoms. The fourth-order valence-corrected chi connectivity index (χ4v) is 2.09. The van der Waals surface area contributed by atoms with E-state index in [1.807, 2.05) is 45.2 Å². The second kappa shape index (κ2) is 10.9. The van der Waals surface area contributed by atoms with Crippen molar-refractivity contribution in [1.29, 1.82) is 0 Å². The first-order chi connectivity index (χ1) is 12.2. The van der Waals surface area contributed by atoms with Crippen molar-refractivity contribution in [3.63, 3.8) is 0 Å². The predicted molar refractivity (Wildman–Crippen MR) is 104 cm³/mol. The third-order valence-electron chi connectivity index (χ3n) is 3.24. The van der Waals surface area contributed by atoms with Crippen molar-refractivity contribution in [2.75, 3.05) is 14.2 Å². The van der Waals surface area contributed by atoms with E-state index in [-0.39, 0.29) is 7.05 Å². The number of hydrogen-bond acceptors (Lipinski definition) is 4. The standard InChI is InChI=1S/C10H6O2.C9H13NO.C2H6.H2/c1-7-6-8-4-2-3-5-9(8)12-10(7)11;1-10-7-8-5-3-4-6-9(8)11-2;1-2;/h2,4,6H,1H3;3-6,10H,7H2,1-2H3;1-2H3;1H. The van der Waals surface area contributed by atoms with E-state index < -0.39 is 0 Å². The van der Waals surface area contributed by atoms with Crippen molar-refractivity contribution < 1.29 is 10.6 Å². The molecule has 0 aliphatic heterocycles. The molecule has 0 unspecified atom stereocenters. The third-order valence-corrected chi connectivity index (χ3v) is 3.24. The van der Waals surface area contributed by atoms with Gasteiger partial charge >= 0.3 is 5.63 Å². The van der Waals surface area contributed by atoms with Crippen LogP contribution in [0.2, 0.25) is 0 Å². The largest absolute Gasteiger partial charge is 0.496 e. The Labute approximate surface area is 149 Å². The zero-order valence-corrected chi connectivity index (χ0v) is 15.5. The molecule has 1 aliphatic carbocycles. The van der Waals surface area contributed by atoms with Gasteiger partial charge in [-0.2, -0.15) is 0 Å². The fourth-order valence-electron chi connectivity index (χ4n) is 2.09. The van der Waals surface area contributed by atoms with Crippen LogP contribution in [0.3, 0.4) is 0 Å². The molecular formula is C21H27NO3. The van der Waals surface area contributed by atoms with Gasteiger partial charge in [0.1, 0.15) is 5.75 Å². The quantitative estimate of drug-likeness (QED) is 0.872. The van der Waals surface area contributed by atoms with E-state index in [2.05, 4.69) is 22.8 Å². The van der Waals surface area contributed by atoms with Gasteiger partial charge in [-0.15, -0.1) is 0 Å². The van der Waals surface area contributed by atoms with E-state index in [0.29, 0.717) is 11.0 Å². The van der Waals surface area contributed by atoms with Gasteiger partial charge in [0.25, 0.3) is 0 Å². The van der Waals surface area contributed by atoms with Crippen molar-refractivity contribution in [3.8, 4) is 5.75 Å². The van der Waals surface area contributed by atoms with E-state index in [1.165, 1.54) is 5.56 Å². The highest BCUT2D eigenvalue weighted by molar-refractivity contribution is 5.42. The first kappa shape index (κ1) is 20.3. The number of nitrogens with one attached hydrogen (secondary N) is 1. The van der Waals surface area contributed by atoms with E-state index in [4.69, 9.17) is 9.15 Å². The second-order valence-electron chi connectivity index (χ2n) is 4.95. The maximum atomic E-state index is 11.0. The van der Waals surface area contributed by atoms with Crippen LogP contribution in [0, 0.1) is 6.92 Å². The molecule has 1 N–H and O–H groups in total. The van der Waals surface area contributed by atoms with Gasteiger partial charge in [-0.3, -0.25) is 0 Å².